The van der Waals surface area contributed by atoms with Crippen LogP contribution in [-0.4, -0.2) is 9.97 Å². The van der Waals surface area contributed by atoms with Gasteiger partial charge in [-0.1, -0.05) is 42.5 Å². The normalized spacial score (nSPS) is 13.5. The van der Waals surface area contributed by atoms with Crippen LogP contribution in [0, 0.1) is 6.92 Å². The van der Waals surface area contributed by atoms with Gasteiger partial charge in [-0.15, -0.1) is 0 Å². The SMILES string of the molecule is Cc1ccc(C(C)(Cc2ccccc2)c2cccc(=O)[nH]2)nc1. The van der Waals surface area contributed by atoms with Crippen LogP contribution in [0.3, 0.4) is 0 Å². The Morgan fingerprint density at radius 1 is 1.00 bits per heavy atom. The maximum Gasteiger partial charge on any atom is 0.248 e. The molecule has 0 aliphatic heterocycles. The lowest BCUT2D eigenvalue weighted by atomic mass is 9.77. The number of aryl methyl sites for hydroxylation is 1. The minimum atomic E-state index is -0.393. The van der Waals surface area contributed by atoms with E-state index in [-0.39, 0.29) is 5.56 Å². The summed E-state index contributed by atoms with van der Waals surface area (Å²) in [6, 6.07) is 19.7. The molecule has 0 fully saturated rings. The number of hydrogen-bond donors (Lipinski definition) is 1. The van der Waals surface area contributed by atoms with Crippen LogP contribution in [0.15, 0.2) is 71.7 Å². The van der Waals surface area contributed by atoms with E-state index >= 15 is 0 Å². The summed E-state index contributed by atoms with van der Waals surface area (Å²) in [5.74, 6) is 0. The number of benzene rings is 1. The second-order valence-electron chi connectivity index (χ2n) is 6.14. The van der Waals surface area contributed by atoms with Crippen molar-refractivity contribution in [3.63, 3.8) is 0 Å². The van der Waals surface area contributed by atoms with Gasteiger partial charge in [-0.05, 0) is 43.5 Å². The summed E-state index contributed by atoms with van der Waals surface area (Å²) in [6.07, 6.45) is 2.64. The largest absolute Gasteiger partial charge is 0.325 e. The van der Waals surface area contributed by atoms with Crippen LogP contribution in [0.25, 0.3) is 0 Å². The van der Waals surface area contributed by atoms with Crippen LogP contribution in [0.5, 0.6) is 0 Å². The number of nitrogens with zero attached hydrogens (tertiary/aromatic N) is 1. The fraction of sp³-hybridized carbons (Fsp3) is 0.200. The van der Waals surface area contributed by atoms with E-state index in [4.69, 9.17) is 0 Å². The average Bonchev–Trinajstić information content (AvgIpc) is 2.56. The summed E-state index contributed by atoms with van der Waals surface area (Å²) < 4.78 is 0. The molecule has 0 aliphatic rings. The van der Waals surface area contributed by atoms with Crippen molar-refractivity contribution in [3.8, 4) is 0 Å². The van der Waals surface area contributed by atoms with Gasteiger partial charge >= 0.3 is 0 Å². The van der Waals surface area contributed by atoms with Crippen LogP contribution in [0.1, 0.15) is 29.4 Å². The van der Waals surface area contributed by atoms with Gasteiger partial charge in [-0.3, -0.25) is 9.78 Å². The fourth-order valence-electron chi connectivity index (χ4n) is 2.89. The third-order valence-electron chi connectivity index (χ3n) is 4.24. The molecule has 3 nitrogen and oxygen atoms in total. The predicted octanol–water partition coefficient (Wildman–Crippen LogP) is 3.63. The molecule has 1 N–H and O–H groups in total. The highest BCUT2D eigenvalue weighted by Crippen LogP contribution is 2.32. The molecule has 116 valence electrons. The van der Waals surface area contributed by atoms with Crippen LogP contribution in [0.2, 0.25) is 0 Å². The number of aromatic amines is 1. The quantitative estimate of drug-likeness (QED) is 0.800. The molecule has 2 heterocycles. The highest BCUT2D eigenvalue weighted by molar-refractivity contribution is 5.34. The van der Waals surface area contributed by atoms with Crippen molar-refractivity contribution in [2.45, 2.75) is 25.7 Å². The summed E-state index contributed by atoms with van der Waals surface area (Å²) in [5, 5.41) is 0. The summed E-state index contributed by atoms with van der Waals surface area (Å²) in [5.41, 5.74) is 3.68. The minimum Gasteiger partial charge on any atom is -0.325 e. The zero-order valence-corrected chi connectivity index (χ0v) is 13.4. The van der Waals surface area contributed by atoms with Crippen LogP contribution >= 0.6 is 0 Å². The van der Waals surface area contributed by atoms with Crippen molar-refractivity contribution in [1.29, 1.82) is 0 Å². The van der Waals surface area contributed by atoms with Crippen molar-refractivity contribution in [3.05, 3.63) is 99.7 Å². The molecule has 0 saturated carbocycles. The molecule has 2 aromatic heterocycles. The van der Waals surface area contributed by atoms with Gasteiger partial charge in [-0.2, -0.15) is 0 Å². The molecule has 3 rings (SSSR count). The molecule has 3 heteroatoms. The van der Waals surface area contributed by atoms with Crippen LogP contribution < -0.4 is 5.56 Å². The van der Waals surface area contributed by atoms with E-state index in [1.54, 1.807) is 6.07 Å². The molecule has 0 amide bonds. The Morgan fingerprint density at radius 3 is 2.43 bits per heavy atom. The third kappa shape index (κ3) is 3.24. The topological polar surface area (TPSA) is 45.8 Å². The Kier molecular flexibility index (Phi) is 4.11. The summed E-state index contributed by atoms with van der Waals surface area (Å²) in [6.45, 7) is 4.15. The number of H-pyrrole nitrogens is 1. The number of nitrogens with one attached hydrogen (secondary N) is 1. The van der Waals surface area contributed by atoms with Gasteiger partial charge in [0.25, 0.3) is 0 Å². The Hall–Kier alpha value is -2.68. The summed E-state index contributed by atoms with van der Waals surface area (Å²) in [4.78, 5) is 19.4. The van der Waals surface area contributed by atoms with E-state index in [9.17, 15) is 4.79 Å². The highest BCUT2D eigenvalue weighted by atomic mass is 16.1. The molecule has 3 aromatic rings. The minimum absolute atomic E-state index is 0.0890. The Bertz CT molecular complexity index is 837. The van der Waals surface area contributed by atoms with Gasteiger partial charge in [0, 0.05) is 18.0 Å². The smallest absolute Gasteiger partial charge is 0.248 e. The number of pyridine rings is 2. The number of hydrogen-bond acceptors (Lipinski definition) is 2. The first-order chi connectivity index (χ1) is 11.1. The van der Waals surface area contributed by atoms with Gasteiger partial charge in [0.05, 0.1) is 11.1 Å². The first kappa shape index (κ1) is 15.2. The zero-order chi connectivity index (χ0) is 16.3. The van der Waals surface area contributed by atoms with E-state index in [0.29, 0.717) is 0 Å². The first-order valence-electron chi connectivity index (χ1n) is 7.75. The number of aromatic nitrogens is 2. The van der Waals surface area contributed by atoms with E-state index < -0.39 is 5.41 Å². The molecule has 0 aliphatic carbocycles. The van der Waals surface area contributed by atoms with Gasteiger partial charge in [0.15, 0.2) is 0 Å². The van der Waals surface area contributed by atoms with Gasteiger partial charge in [-0.25, -0.2) is 0 Å². The van der Waals surface area contributed by atoms with Crippen molar-refractivity contribution < 1.29 is 0 Å². The second-order valence-corrected chi connectivity index (χ2v) is 6.14. The van der Waals surface area contributed by atoms with Crippen LogP contribution in [0.4, 0.5) is 0 Å². The molecule has 0 bridgehead atoms. The first-order valence-corrected chi connectivity index (χ1v) is 7.75. The Morgan fingerprint density at radius 2 is 1.78 bits per heavy atom. The molecule has 0 spiro atoms. The fourth-order valence-corrected chi connectivity index (χ4v) is 2.89. The van der Waals surface area contributed by atoms with Gasteiger partial charge in [0.2, 0.25) is 5.56 Å². The van der Waals surface area contributed by atoms with E-state index in [2.05, 4.69) is 35.1 Å². The van der Waals surface area contributed by atoms with Gasteiger partial charge < -0.3 is 4.98 Å². The lowest BCUT2D eigenvalue weighted by molar-refractivity contribution is 0.530. The van der Waals surface area contributed by atoms with Crippen molar-refractivity contribution in [2.24, 2.45) is 0 Å². The van der Waals surface area contributed by atoms with E-state index in [1.807, 2.05) is 43.5 Å². The Labute approximate surface area is 136 Å². The highest BCUT2D eigenvalue weighted by Gasteiger charge is 2.31. The lowest BCUT2D eigenvalue weighted by Gasteiger charge is -2.29. The Balaban J connectivity index is 2.12. The molecular weight excluding hydrogens is 284 g/mol. The third-order valence-corrected chi connectivity index (χ3v) is 4.24. The molecule has 0 saturated heterocycles. The summed E-state index contributed by atoms with van der Waals surface area (Å²) in [7, 11) is 0. The van der Waals surface area contributed by atoms with Crippen molar-refractivity contribution in [1.82, 2.24) is 9.97 Å². The maximum atomic E-state index is 11.8. The molecule has 1 atom stereocenters. The number of rotatable bonds is 4. The van der Waals surface area contributed by atoms with Gasteiger partial charge in [0.1, 0.15) is 0 Å². The molecular formula is C20H20N2O. The van der Waals surface area contributed by atoms with Crippen molar-refractivity contribution >= 4 is 0 Å². The standard InChI is InChI=1S/C20H20N2O/c1-15-11-12-17(21-14-15)20(2,13-16-7-4-3-5-8-16)18-9-6-10-19(23)22-18/h3-12,14H,13H2,1-2H3,(H,22,23). The second kappa shape index (κ2) is 6.21. The zero-order valence-electron chi connectivity index (χ0n) is 13.4. The monoisotopic (exact) mass is 304 g/mol. The molecule has 0 radical (unpaired) electrons. The van der Waals surface area contributed by atoms with E-state index in [0.717, 1.165) is 23.4 Å². The maximum absolute atomic E-state index is 11.8. The molecule has 23 heavy (non-hydrogen) atoms. The van der Waals surface area contributed by atoms with Crippen LogP contribution in [-0.2, 0) is 11.8 Å². The molecule has 1 unspecified atom stereocenters. The summed E-state index contributed by atoms with van der Waals surface area (Å²) >= 11 is 0. The lowest BCUT2D eigenvalue weighted by Crippen LogP contribution is -2.31. The van der Waals surface area contributed by atoms with E-state index in [1.165, 1.54) is 11.6 Å². The van der Waals surface area contributed by atoms with Crippen molar-refractivity contribution in [2.75, 3.05) is 0 Å². The predicted molar refractivity (Wildman–Crippen MR) is 92.6 cm³/mol. The molecule has 1 aromatic carbocycles. The average molecular weight is 304 g/mol.